The highest BCUT2D eigenvalue weighted by Gasteiger charge is 2.53. The van der Waals surface area contributed by atoms with E-state index < -0.39 is 18.3 Å². The molecular weight excluding hydrogens is 268 g/mol. The third-order valence-electron chi connectivity index (χ3n) is 3.69. The van der Waals surface area contributed by atoms with Gasteiger partial charge < -0.3 is 19.8 Å². The zero-order valence-electron chi connectivity index (χ0n) is 12.4. The van der Waals surface area contributed by atoms with Crippen LogP contribution in [0.3, 0.4) is 0 Å². The smallest absolute Gasteiger partial charge is 0.463 e. The van der Waals surface area contributed by atoms with Gasteiger partial charge in [-0.05, 0) is 41.2 Å². The highest BCUT2D eigenvalue weighted by atomic mass is 35.5. The zero-order chi connectivity index (χ0) is 14.0. The topological polar surface area (TPSA) is 70.8 Å². The van der Waals surface area contributed by atoms with E-state index in [0.717, 1.165) is 0 Å². The van der Waals surface area contributed by atoms with Crippen LogP contribution in [0.15, 0.2) is 0 Å². The molecule has 19 heavy (non-hydrogen) atoms. The van der Waals surface area contributed by atoms with Crippen molar-refractivity contribution in [1.29, 1.82) is 0 Å². The average Bonchev–Trinajstić information content (AvgIpc) is 2.45. The molecule has 1 unspecified atom stereocenters. The van der Waals surface area contributed by atoms with E-state index in [0.29, 0.717) is 13.2 Å². The van der Waals surface area contributed by atoms with Crippen molar-refractivity contribution in [1.82, 2.24) is 0 Å². The van der Waals surface area contributed by atoms with Crippen LogP contribution in [0.5, 0.6) is 0 Å². The molecule has 2 N–H and O–H groups in total. The molecule has 0 saturated carbocycles. The minimum absolute atomic E-state index is 0. The highest BCUT2D eigenvalue weighted by molar-refractivity contribution is 6.48. The molecule has 112 valence electrons. The molecule has 0 aliphatic carbocycles. The summed E-state index contributed by atoms with van der Waals surface area (Å²) in [6, 6.07) is 0. The lowest BCUT2D eigenvalue weighted by Crippen LogP contribution is -2.41. The molecule has 0 radical (unpaired) electrons. The molecule has 0 bridgehead atoms. The van der Waals surface area contributed by atoms with Crippen LogP contribution in [0.2, 0.25) is 5.82 Å². The molecular formula is C12H25BClNO4. The van der Waals surface area contributed by atoms with Crippen molar-refractivity contribution in [3.63, 3.8) is 0 Å². The van der Waals surface area contributed by atoms with E-state index in [2.05, 4.69) is 0 Å². The molecule has 1 aliphatic heterocycles. The normalized spacial score (nSPS) is 21.7. The lowest BCUT2D eigenvalue weighted by atomic mass is 9.70. The van der Waals surface area contributed by atoms with Gasteiger partial charge in [0.15, 0.2) is 0 Å². The maximum atomic E-state index is 11.5. The first kappa shape index (κ1) is 18.7. The van der Waals surface area contributed by atoms with Gasteiger partial charge in [-0.3, -0.25) is 4.79 Å². The molecule has 1 fully saturated rings. The second kappa shape index (κ2) is 6.93. The van der Waals surface area contributed by atoms with E-state index in [-0.39, 0.29) is 30.6 Å². The van der Waals surface area contributed by atoms with Crippen LogP contribution >= 0.6 is 12.4 Å². The monoisotopic (exact) mass is 293 g/mol. The first-order chi connectivity index (χ1) is 8.23. The van der Waals surface area contributed by atoms with Gasteiger partial charge in [0.25, 0.3) is 0 Å². The molecule has 0 amide bonds. The van der Waals surface area contributed by atoms with E-state index in [4.69, 9.17) is 19.8 Å². The molecule has 1 heterocycles. The summed E-state index contributed by atoms with van der Waals surface area (Å²) in [5, 5.41) is 0. The zero-order valence-corrected chi connectivity index (χ0v) is 13.2. The largest absolute Gasteiger partial charge is 0.466 e. The van der Waals surface area contributed by atoms with Crippen molar-refractivity contribution in [3.05, 3.63) is 0 Å². The number of rotatable bonds is 5. The molecule has 0 aromatic heterocycles. The first-order valence-electron chi connectivity index (χ1n) is 6.45. The molecule has 1 rings (SSSR count). The Balaban J connectivity index is 0.00000324. The van der Waals surface area contributed by atoms with Gasteiger partial charge >= 0.3 is 13.1 Å². The Bertz CT molecular complexity index is 296. The number of carbonyl (C=O) groups excluding carboxylic acids is 1. The summed E-state index contributed by atoms with van der Waals surface area (Å²) in [6.45, 7) is 10.4. The van der Waals surface area contributed by atoms with Gasteiger partial charge in [0.05, 0.1) is 17.8 Å². The van der Waals surface area contributed by atoms with Crippen molar-refractivity contribution in [2.24, 2.45) is 5.73 Å². The maximum Gasteiger partial charge on any atom is 0.463 e. The van der Waals surface area contributed by atoms with Crippen LogP contribution < -0.4 is 5.73 Å². The van der Waals surface area contributed by atoms with Crippen molar-refractivity contribution in [3.8, 4) is 0 Å². The van der Waals surface area contributed by atoms with Crippen molar-refractivity contribution >= 4 is 25.5 Å². The molecule has 1 saturated heterocycles. The van der Waals surface area contributed by atoms with Crippen LogP contribution in [0.4, 0.5) is 0 Å². The Labute approximate surface area is 122 Å². The third kappa shape index (κ3) is 4.34. The van der Waals surface area contributed by atoms with Crippen molar-refractivity contribution in [2.45, 2.75) is 58.1 Å². The Kier molecular flexibility index (Phi) is 6.82. The Morgan fingerprint density at radius 1 is 1.26 bits per heavy atom. The average molecular weight is 294 g/mol. The predicted molar refractivity (Wildman–Crippen MR) is 77.4 cm³/mol. The van der Waals surface area contributed by atoms with E-state index in [1.807, 2.05) is 27.7 Å². The van der Waals surface area contributed by atoms with Gasteiger partial charge in [-0.1, -0.05) is 0 Å². The van der Waals surface area contributed by atoms with Crippen molar-refractivity contribution < 1.29 is 18.8 Å². The summed E-state index contributed by atoms with van der Waals surface area (Å²) < 4.78 is 16.7. The number of ether oxygens (including phenoxy) is 1. The van der Waals surface area contributed by atoms with Crippen molar-refractivity contribution in [2.75, 3.05) is 13.2 Å². The quantitative estimate of drug-likeness (QED) is 0.618. The summed E-state index contributed by atoms with van der Waals surface area (Å²) in [5.74, 6) is -0.437. The number of carbonyl (C=O) groups is 1. The minimum Gasteiger partial charge on any atom is -0.466 e. The van der Waals surface area contributed by atoms with E-state index in [1.54, 1.807) is 6.92 Å². The van der Waals surface area contributed by atoms with Crippen LogP contribution in [0, 0.1) is 0 Å². The van der Waals surface area contributed by atoms with Gasteiger partial charge in [-0.15, -0.1) is 12.4 Å². The molecule has 0 aromatic carbocycles. The molecule has 1 aliphatic rings. The molecule has 0 spiro atoms. The fraction of sp³-hybridized carbons (Fsp3) is 0.917. The summed E-state index contributed by atoms with van der Waals surface area (Å²) in [5.41, 5.74) is 4.90. The molecule has 7 heteroatoms. The van der Waals surface area contributed by atoms with E-state index in [9.17, 15) is 4.79 Å². The van der Waals surface area contributed by atoms with Crippen LogP contribution in [0.1, 0.15) is 41.0 Å². The SMILES string of the molecule is CCOC(=O)CC(CN)B1OC(C)(C)C(C)(C)O1.Cl. The molecule has 5 nitrogen and oxygen atoms in total. The summed E-state index contributed by atoms with van der Waals surface area (Å²) in [6.07, 6.45) is 0.223. The summed E-state index contributed by atoms with van der Waals surface area (Å²) in [7, 11) is -0.454. The molecule has 1 atom stereocenters. The lowest BCUT2D eigenvalue weighted by Gasteiger charge is -2.32. The number of hydrogen-bond acceptors (Lipinski definition) is 5. The van der Waals surface area contributed by atoms with Gasteiger partial charge in [0, 0.05) is 12.2 Å². The predicted octanol–water partition coefficient (Wildman–Crippen LogP) is 1.78. The second-order valence-electron chi connectivity index (χ2n) is 5.63. The number of hydrogen-bond donors (Lipinski definition) is 1. The summed E-state index contributed by atoms with van der Waals surface area (Å²) in [4.78, 5) is 11.5. The van der Waals surface area contributed by atoms with Gasteiger partial charge in [-0.25, -0.2) is 0 Å². The van der Waals surface area contributed by atoms with Crippen LogP contribution in [-0.2, 0) is 18.8 Å². The Morgan fingerprint density at radius 2 is 1.74 bits per heavy atom. The fourth-order valence-electron chi connectivity index (χ4n) is 1.81. The van der Waals surface area contributed by atoms with Crippen LogP contribution in [0.25, 0.3) is 0 Å². The van der Waals surface area contributed by atoms with Crippen LogP contribution in [-0.4, -0.2) is 37.4 Å². The highest BCUT2D eigenvalue weighted by Crippen LogP contribution is 2.40. The number of esters is 1. The maximum absolute atomic E-state index is 11.5. The lowest BCUT2D eigenvalue weighted by molar-refractivity contribution is -0.143. The van der Waals surface area contributed by atoms with E-state index >= 15 is 0 Å². The van der Waals surface area contributed by atoms with Gasteiger partial charge in [-0.2, -0.15) is 0 Å². The Hall–Kier alpha value is -0.295. The molecule has 0 aromatic rings. The Morgan fingerprint density at radius 3 is 2.11 bits per heavy atom. The number of halogens is 1. The second-order valence-corrected chi connectivity index (χ2v) is 5.63. The number of nitrogens with two attached hydrogens (primary N) is 1. The van der Waals surface area contributed by atoms with Gasteiger partial charge in [0.2, 0.25) is 0 Å². The third-order valence-corrected chi connectivity index (χ3v) is 3.69. The minimum atomic E-state index is -0.454. The standard InChI is InChI=1S/C12H24BNO4.ClH/c1-6-16-10(15)7-9(8-14)13-17-11(2,3)12(4,5)18-13;/h9H,6-8,14H2,1-5H3;1H. The fourth-order valence-corrected chi connectivity index (χ4v) is 1.81. The first-order valence-corrected chi connectivity index (χ1v) is 6.45. The summed E-state index contributed by atoms with van der Waals surface area (Å²) >= 11 is 0. The van der Waals surface area contributed by atoms with Gasteiger partial charge in [0.1, 0.15) is 0 Å². The van der Waals surface area contributed by atoms with E-state index in [1.165, 1.54) is 0 Å².